The second-order valence-electron chi connectivity index (χ2n) is 7.69. The Kier molecular flexibility index (Phi) is 6.14. The molecular weight excluding hydrogens is 328 g/mol. The van der Waals surface area contributed by atoms with Gasteiger partial charge in [0.1, 0.15) is 11.6 Å². The summed E-state index contributed by atoms with van der Waals surface area (Å²) in [5, 5.41) is 2.21. The van der Waals surface area contributed by atoms with Gasteiger partial charge in [-0.05, 0) is 49.1 Å². The van der Waals surface area contributed by atoms with Crippen LogP contribution in [0, 0.1) is 28.9 Å². The van der Waals surface area contributed by atoms with Crippen LogP contribution in [0.4, 0.5) is 14.5 Å². The minimum atomic E-state index is -0.749. The Morgan fingerprint density at radius 1 is 1.16 bits per heavy atom. The molecule has 0 unspecified atom stereocenters. The van der Waals surface area contributed by atoms with Crippen LogP contribution in [0.3, 0.4) is 0 Å². The number of anilines is 1. The molecule has 1 aliphatic rings. The first-order valence-corrected chi connectivity index (χ1v) is 8.58. The highest BCUT2D eigenvalue weighted by molar-refractivity contribution is 5.93. The van der Waals surface area contributed by atoms with Crippen molar-refractivity contribution >= 4 is 17.6 Å². The van der Waals surface area contributed by atoms with E-state index in [1.807, 2.05) is 0 Å². The average molecular weight is 353 g/mol. The van der Waals surface area contributed by atoms with Crippen molar-refractivity contribution in [1.29, 1.82) is 0 Å². The first kappa shape index (κ1) is 19.3. The number of hydrogen-bond donors (Lipinski definition) is 1. The fourth-order valence-electron chi connectivity index (χ4n) is 3.23. The lowest BCUT2D eigenvalue weighted by atomic mass is 9.70. The summed E-state index contributed by atoms with van der Waals surface area (Å²) in [6, 6.07) is 2.76. The number of carbonyl (C=O) groups excluding carboxylic acids is 2. The summed E-state index contributed by atoms with van der Waals surface area (Å²) in [6.45, 7) is 6.10. The highest BCUT2D eigenvalue weighted by Crippen LogP contribution is 2.40. The summed E-state index contributed by atoms with van der Waals surface area (Å²) in [6.07, 6.45) is 3.43. The molecule has 1 aromatic carbocycles. The summed E-state index contributed by atoms with van der Waals surface area (Å²) >= 11 is 0. The Morgan fingerprint density at radius 3 is 2.40 bits per heavy atom. The minimum absolute atomic E-state index is 0.197. The Hall–Kier alpha value is -1.98. The third kappa shape index (κ3) is 5.51. The van der Waals surface area contributed by atoms with E-state index < -0.39 is 30.1 Å². The van der Waals surface area contributed by atoms with Gasteiger partial charge in [-0.3, -0.25) is 9.59 Å². The largest absolute Gasteiger partial charge is 0.455 e. The van der Waals surface area contributed by atoms with Gasteiger partial charge in [0.2, 0.25) is 0 Å². The van der Waals surface area contributed by atoms with Gasteiger partial charge in [0.05, 0.1) is 11.6 Å². The second kappa shape index (κ2) is 7.93. The number of amides is 1. The lowest BCUT2D eigenvalue weighted by Gasteiger charge is -2.36. The average Bonchev–Trinajstić information content (AvgIpc) is 2.55. The molecule has 0 aliphatic heterocycles. The summed E-state index contributed by atoms with van der Waals surface area (Å²) in [5.74, 6) is -2.12. The maximum atomic E-state index is 13.5. The molecule has 25 heavy (non-hydrogen) atoms. The number of hydrogen-bond acceptors (Lipinski definition) is 3. The highest BCUT2D eigenvalue weighted by atomic mass is 19.1. The van der Waals surface area contributed by atoms with Crippen molar-refractivity contribution in [3.05, 3.63) is 29.8 Å². The van der Waals surface area contributed by atoms with E-state index in [9.17, 15) is 18.4 Å². The van der Waals surface area contributed by atoms with Gasteiger partial charge in [-0.1, -0.05) is 20.8 Å². The number of carbonyl (C=O) groups is 2. The fraction of sp³-hybridized carbons (Fsp3) is 0.579. The van der Waals surface area contributed by atoms with Crippen molar-refractivity contribution in [3.8, 4) is 0 Å². The monoisotopic (exact) mass is 353 g/mol. The van der Waals surface area contributed by atoms with Crippen LogP contribution >= 0.6 is 0 Å². The molecule has 6 heteroatoms. The molecule has 1 aliphatic carbocycles. The zero-order valence-corrected chi connectivity index (χ0v) is 14.9. The number of benzene rings is 1. The smallest absolute Gasteiger partial charge is 0.309 e. The highest BCUT2D eigenvalue weighted by Gasteiger charge is 2.33. The quantitative estimate of drug-likeness (QED) is 0.821. The lowest BCUT2D eigenvalue weighted by Crippen LogP contribution is -2.31. The summed E-state index contributed by atoms with van der Waals surface area (Å²) in [4.78, 5) is 23.9. The second-order valence-corrected chi connectivity index (χ2v) is 7.69. The molecule has 0 spiro atoms. The fourth-order valence-corrected chi connectivity index (χ4v) is 3.23. The minimum Gasteiger partial charge on any atom is -0.455 e. The summed E-state index contributed by atoms with van der Waals surface area (Å²) < 4.78 is 31.6. The van der Waals surface area contributed by atoms with Crippen molar-refractivity contribution in [1.82, 2.24) is 0 Å². The number of ether oxygens (including phenoxy) is 1. The van der Waals surface area contributed by atoms with Crippen LogP contribution in [0.2, 0.25) is 0 Å². The molecule has 1 saturated carbocycles. The maximum absolute atomic E-state index is 13.5. The van der Waals surface area contributed by atoms with Crippen LogP contribution in [0.1, 0.15) is 46.5 Å². The molecule has 4 nitrogen and oxygen atoms in total. The molecule has 0 atom stereocenters. The molecule has 1 N–H and O–H groups in total. The van der Waals surface area contributed by atoms with Crippen molar-refractivity contribution in [2.45, 2.75) is 46.5 Å². The van der Waals surface area contributed by atoms with Crippen LogP contribution in [-0.4, -0.2) is 18.5 Å². The number of esters is 1. The maximum Gasteiger partial charge on any atom is 0.309 e. The number of rotatable bonds is 4. The van der Waals surface area contributed by atoms with Crippen LogP contribution in [0.5, 0.6) is 0 Å². The molecule has 0 aromatic heterocycles. The molecule has 0 bridgehead atoms. The van der Waals surface area contributed by atoms with E-state index in [2.05, 4.69) is 26.1 Å². The van der Waals surface area contributed by atoms with Gasteiger partial charge < -0.3 is 10.1 Å². The molecule has 1 aromatic rings. The van der Waals surface area contributed by atoms with E-state index in [1.54, 1.807) is 0 Å². The first-order valence-electron chi connectivity index (χ1n) is 8.58. The first-order chi connectivity index (χ1) is 11.7. The summed E-state index contributed by atoms with van der Waals surface area (Å²) in [5.41, 5.74) is -0.0456. The Balaban J connectivity index is 1.78. The number of nitrogens with one attached hydrogen (secondary N) is 1. The normalized spacial score (nSPS) is 20.8. The van der Waals surface area contributed by atoms with E-state index in [1.165, 1.54) is 0 Å². The van der Waals surface area contributed by atoms with Gasteiger partial charge in [0, 0.05) is 6.07 Å². The predicted molar refractivity (Wildman–Crippen MR) is 90.8 cm³/mol. The Bertz CT molecular complexity index is 632. The molecule has 0 saturated heterocycles. The van der Waals surface area contributed by atoms with Crippen molar-refractivity contribution < 1.29 is 23.1 Å². The summed E-state index contributed by atoms with van der Waals surface area (Å²) in [7, 11) is 0. The van der Waals surface area contributed by atoms with Gasteiger partial charge in [-0.25, -0.2) is 8.78 Å². The molecule has 2 rings (SSSR count). The van der Waals surface area contributed by atoms with E-state index in [0.29, 0.717) is 5.92 Å². The van der Waals surface area contributed by atoms with E-state index in [4.69, 9.17) is 4.74 Å². The SMILES string of the molecule is CC(C)(C)C1CCC(C(=O)OCC(=O)Nc2cc(F)ccc2F)CC1. The Labute approximate surface area is 146 Å². The zero-order valence-electron chi connectivity index (χ0n) is 14.9. The molecule has 1 amide bonds. The number of halogens is 2. The van der Waals surface area contributed by atoms with E-state index in [0.717, 1.165) is 43.9 Å². The van der Waals surface area contributed by atoms with Gasteiger partial charge in [0.25, 0.3) is 5.91 Å². The van der Waals surface area contributed by atoms with Gasteiger partial charge in [-0.2, -0.15) is 0 Å². The zero-order chi connectivity index (χ0) is 18.6. The van der Waals surface area contributed by atoms with Crippen LogP contribution in [-0.2, 0) is 14.3 Å². The molecule has 1 fully saturated rings. The third-order valence-corrected chi connectivity index (χ3v) is 4.83. The predicted octanol–water partition coefficient (Wildman–Crippen LogP) is 4.30. The van der Waals surface area contributed by atoms with Crippen molar-refractivity contribution in [3.63, 3.8) is 0 Å². The third-order valence-electron chi connectivity index (χ3n) is 4.83. The molecular formula is C19H25F2NO3. The van der Waals surface area contributed by atoms with E-state index in [-0.39, 0.29) is 17.0 Å². The van der Waals surface area contributed by atoms with Crippen LogP contribution < -0.4 is 5.32 Å². The van der Waals surface area contributed by atoms with Crippen molar-refractivity contribution in [2.75, 3.05) is 11.9 Å². The van der Waals surface area contributed by atoms with Crippen LogP contribution in [0.15, 0.2) is 18.2 Å². The molecule has 0 radical (unpaired) electrons. The Morgan fingerprint density at radius 2 is 1.80 bits per heavy atom. The lowest BCUT2D eigenvalue weighted by molar-refractivity contribution is -0.153. The van der Waals surface area contributed by atoms with E-state index >= 15 is 0 Å². The van der Waals surface area contributed by atoms with Gasteiger partial charge in [0.15, 0.2) is 6.61 Å². The molecule has 0 heterocycles. The van der Waals surface area contributed by atoms with Gasteiger partial charge in [-0.15, -0.1) is 0 Å². The van der Waals surface area contributed by atoms with Gasteiger partial charge >= 0.3 is 5.97 Å². The van der Waals surface area contributed by atoms with Crippen molar-refractivity contribution in [2.24, 2.45) is 17.3 Å². The van der Waals surface area contributed by atoms with Crippen LogP contribution in [0.25, 0.3) is 0 Å². The topological polar surface area (TPSA) is 55.4 Å². The standard InChI is InChI=1S/C19H25F2NO3/c1-19(2,3)13-6-4-12(5-7-13)18(24)25-11-17(23)22-16-10-14(20)8-9-15(16)21/h8-10,12-13H,4-7,11H2,1-3H3,(H,22,23). The molecule has 138 valence electrons.